The maximum absolute atomic E-state index is 12.3. The average Bonchev–Trinajstić information content (AvgIpc) is 3.17. The van der Waals surface area contributed by atoms with Gasteiger partial charge in [0.25, 0.3) is 5.91 Å². The molecule has 27 heavy (non-hydrogen) atoms. The van der Waals surface area contributed by atoms with E-state index in [1.54, 1.807) is 24.3 Å². The van der Waals surface area contributed by atoms with Crippen molar-refractivity contribution in [2.75, 3.05) is 35.2 Å². The van der Waals surface area contributed by atoms with Crippen LogP contribution < -0.4 is 20.3 Å². The Bertz CT molecular complexity index is 829. The summed E-state index contributed by atoms with van der Waals surface area (Å²) in [4.78, 5) is 25.9. The molecule has 6 heteroatoms. The minimum absolute atomic E-state index is 0.135. The standard InChI is InChI=1S/C21H25N3O3/c1-15-13-17(24-11-5-6-12-24)9-10-18(15)23-21(26)14-27-20-8-4-3-7-19(20)22-16(2)25/h3-4,7-10,13H,5-6,11-12,14H2,1-2H3,(H,22,25)(H,23,26). The number of amides is 2. The third-order valence-electron chi connectivity index (χ3n) is 4.51. The van der Waals surface area contributed by atoms with Crippen molar-refractivity contribution >= 4 is 28.9 Å². The highest BCUT2D eigenvalue weighted by Crippen LogP contribution is 2.26. The first-order chi connectivity index (χ1) is 13.0. The molecule has 142 valence electrons. The van der Waals surface area contributed by atoms with Gasteiger partial charge < -0.3 is 20.3 Å². The number of benzene rings is 2. The van der Waals surface area contributed by atoms with E-state index in [-0.39, 0.29) is 18.4 Å². The summed E-state index contributed by atoms with van der Waals surface area (Å²) in [5.74, 6) is 0.0258. The fourth-order valence-corrected chi connectivity index (χ4v) is 3.18. The van der Waals surface area contributed by atoms with E-state index in [1.807, 2.05) is 19.1 Å². The molecule has 1 aliphatic rings. The van der Waals surface area contributed by atoms with Crippen molar-refractivity contribution in [3.8, 4) is 5.75 Å². The fourth-order valence-electron chi connectivity index (χ4n) is 3.18. The van der Waals surface area contributed by atoms with Crippen molar-refractivity contribution in [2.24, 2.45) is 0 Å². The number of ether oxygens (including phenoxy) is 1. The number of nitrogens with zero attached hydrogens (tertiary/aromatic N) is 1. The molecule has 1 saturated heterocycles. The molecule has 2 amide bonds. The molecule has 0 saturated carbocycles. The number of anilines is 3. The number of hydrogen-bond donors (Lipinski definition) is 2. The second kappa shape index (κ2) is 8.58. The summed E-state index contributed by atoms with van der Waals surface area (Å²) in [7, 11) is 0. The van der Waals surface area contributed by atoms with Gasteiger partial charge in [0, 0.05) is 31.4 Å². The molecule has 0 radical (unpaired) electrons. The first-order valence-corrected chi connectivity index (χ1v) is 9.18. The Kier molecular flexibility index (Phi) is 5.96. The Morgan fingerprint density at radius 3 is 2.48 bits per heavy atom. The van der Waals surface area contributed by atoms with Crippen molar-refractivity contribution in [2.45, 2.75) is 26.7 Å². The lowest BCUT2D eigenvalue weighted by Gasteiger charge is -2.19. The number of nitrogens with one attached hydrogen (secondary N) is 2. The molecular weight excluding hydrogens is 342 g/mol. The minimum Gasteiger partial charge on any atom is -0.482 e. The van der Waals surface area contributed by atoms with E-state index in [0.717, 1.165) is 24.3 Å². The number of aryl methyl sites for hydroxylation is 1. The monoisotopic (exact) mass is 367 g/mol. The number of rotatable bonds is 6. The van der Waals surface area contributed by atoms with E-state index >= 15 is 0 Å². The van der Waals surface area contributed by atoms with Crippen LogP contribution in [0.5, 0.6) is 5.75 Å². The molecule has 2 aromatic carbocycles. The molecule has 0 bridgehead atoms. The first kappa shape index (κ1) is 18.8. The Morgan fingerprint density at radius 2 is 1.78 bits per heavy atom. The smallest absolute Gasteiger partial charge is 0.262 e. The lowest BCUT2D eigenvalue weighted by atomic mass is 10.1. The van der Waals surface area contributed by atoms with Crippen molar-refractivity contribution < 1.29 is 14.3 Å². The molecule has 1 heterocycles. The van der Waals surface area contributed by atoms with E-state index < -0.39 is 0 Å². The van der Waals surface area contributed by atoms with Crippen LogP contribution in [0.15, 0.2) is 42.5 Å². The predicted molar refractivity (Wildman–Crippen MR) is 107 cm³/mol. The molecule has 0 spiro atoms. The second-order valence-electron chi connectivity index (χ2n) is 6.71. The summed E-state index contributed by atoms with van der Waals surface area (Å²) < 4.78 is 5.58. The van der Waals surface area contributed by atoms with Gasteiger partial charge in [0.1, 0.15) is 5.75 Å². The van der Waals surface area contributed by atoms with Gasteiger partial charge in [-0.1, -0.05) is 12.1 Å². The Morgan fingerprint density at radius 1 is 1.04 bits per heavy atom. The van der Waals surface area contributed by atoms with E-state index in [4.69, 9.17) is 4.74 Å². The van der Waals surface area contributed by atoms with Crippen molar-refractivity contribution in [3.63, 3.8) is 0 Å². The zero-order chi connectivity index (χ0) is 19.2. The lowest BCUT2D eigenvalue weighted by Crippen LogP contribution is -2.22. The van der Waals surface area contributed by atoms with Gasteiger partial charge in [-0.2, -0.15) is 0 Å². The summed E-state index contributed by atoms with van der Waals surface area (Å²) >= 11 is 0. The van der Waals surface area contributed by atoms with Crippen molar-refractivity contribution in [3.05, 3.63) is 48.0 Å². The topological polar surface area (TPSA) is 70.7 Å². The molecule has 0 aromatic heterocycles. The SMILES string of the molecule is CC(=O)Nc1ccccc1OCC(=O)Nc1ccc(N2CCCC2)cc1C. The molecule has 1 aliphatic heterocycles. The zero-order valence-electron chi connectivity index (χ0n) is 15.7. The lowest BCUT2D eigenvalue weighted by molar-refractivity contribution is -0.118. The molecule has 0 aliphatic carbocycles. The van der Waals surface area contributed by atoms with Gasteiger partial charge in [0.2, 0.25) is 5.91 Å². The van der Waals surface area contributed by atoms with Crippen LogP contribution in [0.4, 0.5) is 17.1 Å². The average molecular weight is 367 g/mol. The molecule has 6 nitrogen and oxygen atoms in total. The van der Waals surface area contributed by atoms with Gasteiger partial charge in [-0.3, -0.25) is 9.59 Å². The summed E-state index contributed by atoms with van der Waals surface area (Å²) in [5.41, 5.74) is 3.54. The van der Waals surface area contributed by atoms with E-state index in [9.17, 15) is 9.59 Å². The number of hydrogen-bond acceptors (Lipinski definition) is 4. The fraction of sp³-hybridized carbons (Fsp3) is 0.333. The Balaban J connectivity index is 1.59. The van der Waals surface area contributed by atoms with E-state index in [1.165, 1.54) is 25.5 Å². The number of carbonyl (C=O) groups excluding carboxylic acids is 2. The maximum atomic E-state index is 12.3. The van der Waals surface area contributed by atoms with E-state index in [0.29, 0.717) is 11.4 Å². The molecular formula is C21H25N3O3. The van der Waals surface area contributed by atoms with Crippen LogP contribution >= 0.6 is 0 Å². The Labute approximate surface area is 159 Å². The van der Waals surface area contributed by atoms with Gasteiger partial charge >= 0.3 is 0 Å². The van der Waals surface area contributed by atoms with Gasteiger partial charge in [-0.25, -0.2) is 0 Å². The molecule has 1 fully saturated rings. The van der Waals surface area contributed by atoms with Crippen LogP contribution in [-0.4, -0.2) is 31.5 Å². The number of carbonyl (C=O) groups is 2. The highest BCUT2D eigenvalue weighted by Gasteiger charge is 2.14. The molecule has 0 atom stereocenters. The van der Waals surface area contributed by atoms with Crippen molar-refractivity contribution in [1.29, 1.82) is 0 Å². The Hall–Kier alpha value is -3.02. The van der Waals surface area contributed by atoms with E-state index in [2.05, 4.69) is 21.6 Å². The largest absolute Gasteiger partial charge is 0.482 e. The molecule has 3 rings (SSSR count). The van der Waals surface area contributed by atoms with Gasteiger partial charge in [0.15, 0.2) is 6.61 Å². The summed E-state index contributed by atoms with van der Waals surface area (Å²) in [6, 6.07) is 13.1. The summed E-state index contributed by atoms with van der Waals surface area (Å²) in [6.45, 7) is 5.46. The van der Waals surface area contributed by atoms with Crippen LogP contribution in [-0.2, 0) is 9.59 Å². The third kappa shape index (κ3) is 5.00. The second-order valence-corrected chi connectivity index (χ2v) is 6.71. The van der Waals surface area contributed by atoms with Gasteiger partial charge in [0.05, 0.1) is 5.69 Å². The van der Waals surface area contributed by atoms with Gasteiger partial charge in [-0.05, 0) is 55.7 Å². The van der Waals surface area contributed by atoms with Gasteiger partial charge in [-0.15, -0.1) is 0 Å². The van der Waals surface area contributed by atoms with Crippen LogP contribution in [0.25, 0.3) is 0 Å². The highest BCUT2D eigenvalue weighted by atomic mass is 16.5. The molecule has 2 aromatic rings. The summed E-state index contributed by atoms with van der Waals surface area (Å²) in [6.07, 6.45) is 2.46. The number of para-hydroxylation sites is 2. The minimum atomic E-state index is -0.246. The quantitative estimate of drug-likeness (QED) is 0.819. The maximum Gasteiger partial charge on any atom is 0.262 e. The highest BCUT2D eigenvalue weighted by molar-refractivity contribution is 5.93. The van der Waals surface area contributed by atoms with Crippen LogP contribution in [0.1, 0.15) is 25.3 Å². The van der Waals surface area contributed by atoms with Crippen molar-refractivity contribution in [1.82, 2.24) is 0 Å². The van der Waals surface area contributed by atoms with Crippen LogP contribution in [0.2, 0.25) is 0 Å². The molecule has 0 unspecified atom stereocenters. The third-order valence-corrected chi connectivity index (χ3v) is 4.51. The zero-order valence-corrected chi connectivity index (χ0v) is 15.7. The molecule has 2 N–H and O–H groups in total. The summed E-state index contributed by atoms with van der Waals surface area (Å²) in [5, 5.41) is 5.58. The predicted octanol–water partition coefficient (Wildman–Crippen LogP) is 3.57. The normalized spacial score (nSPS) is 13.3. The first-order valence-electron chi connectivity index (χ1n) is 9.18. The van der Waals surface area contributed by atoms with Crippen LogP contribution in [0.3, 0.4) is 0 Å². The van der Waals surface area contributed by atoms with Crippen LogP contribution in [0, 0.1) is 6.92 Å².